The number of hydrogen-bond acceptors (Lipinski definition) is 3. The van der Waals surface area contributed by atoms with Gasteiger partial charge in [-0.15, -0.1) is 0 Å². The number of pyridine rings is 1. The number of fused-ring (bicyclic) bond motifs is 1. The van der Waals surface area contributed by atoms with Gasteiger partial charge in [0.25, 0.3) is 0 Å². The first kappa shape index (κ1) is 44.8. The molecule has 1 aliphatic rings. The largest absolute Gasteiger partial charge is 0.507 e. The maximum atomic E-state index is 12.6. The Kier molecular flexibility index (Phi) is 11.4. The summed E-state index contributed by atoms with van der Waals surface area (Å²) in [6, 6.07) is 63.0. The van der Waals surface area contributed by atoms with Gasteiger partial charge in [-0.1, -0.05) is 177 Å². The number of phenolic OH excluding ortho intramolecular Hbond substituents is 1. The first-order valence-electron chi connectivity index (χ1n) is 24.4. The van der Waals surface area contributed by atoms with Crippen LogP contribution in [-0.2, 0) is 21.7 Å². The van der Waals surface area contributed by atoms with E-state index in [0.717, 1.165) is 92.6 Å². The first-order valence-corrected chi connectivity index (χ1v) is 24.4. The van der Waals surface area contributed by atoms with Gasteiger partial charge in [0.2, 0.25) is 0 Å². The van der Waals surface area contributed by atoms with Gasteiger partial charge in [-0.2, -0.15) is 0 Å². The Morgan fingerprint density at radius 2 is 1.01 bits per heavy atom. The minimum Gasteiger partial charge on any atom is -0.507 e. The lowest BCUT2D eigenvalue weighted by molar-refractivity contribution is 0.223. The number of imidazole rings is 1. The van der Waals surface area contributed by atoms with Crippen LogP contribution in [0.25, 0.3) is 72.7 Å². The molecule has 2 heterocycles. The van der Waals surface area contributed by atoms with Crippen LogP contribution in [0.2, 0.25) is 0 Å². The van der Waals surface area contributed by atoms with Crippen molar-refractivity contribution in [1.29, 1.82) is 0 Å². The van der Waals surface area contributed by atoms with Crippen LogP contribution >= 0.6 is 0 Å². The highest BCUT2D eigenvalue weighted by Gasteiger charge is 2.39. The van der Waals surface area contributed by atoms with E-state index in [1.54, 1.807) is 0 Å². The van der Waals surface area contributed by atoms with E-state index < -0.39 is 0 Å². The zero-order valence-electron chi connectivity index (χ0n) is 40.9. The van der Waals surface area contributed by atoms with Crippen LogP contribution < -0.4 is 0 Å². The molecule has 0 amide bonds. The highest BCUT2D eigenvalue weighted by Crippen LogP contribution is 2.49. The van der Waals surface area contributed by atoms with Crippen molar-refractivity contribution in [1.82, 2.24) is 14.5 Å². The van der Waals surface area contributed by atoms with Gasteiger partial charge in [0.1, 0.15) is 11.6 Å². The zero-order chi connectivity index (χ0) is 47.4. The summed E-state index contributed by atoms with van der Waals surface area (Å²) in [4.78, 5) is 10.6. The monoisotopic (exact) mass is 889 g/mol. The average Bonchev–Trinajstić information content (AvgIpc) is 3.75. The third kappa shape index (κ3) is 8.47. The summed E-state index contributed by atoms with van der Waals surface area (Å²) in [5, 5.41) is 12.6. The smallest absolute Gasteiger partial charge is 0.149 e. The van der Waals surface area contributed by atoms with Crippen LogP contribution in [0, 0.1) is 0 Å². The fourth-order valence-corrected chi connectivity index (χ4v) is 10.4. The number of rotatable bonds is 8. The van der Waals surface area contributed by atoms with Crippen LogP contribution in [0.15, 0.2) is 182 Å². The Morgan fingerprint density at radius 1 is 0.471 bits per heavy atom. The summed E-state index contributed by atoms with van der Waals surface area (Å²) >= 11 is 0. The van der Waals surface area contributed by atoms with Crippen LogP contribution in [-0.4, -0.2) is 19.6 Å². The molecule has 10 rings (SSSR count). The molecule has 0 radical (unpaired) electrons. The van der Waals surface area contributed by atoms with Crippen molar-refractivity contribution in [2.24, 2.45) is 0 Å². The summed E-state index contributed by atoms with van der Waals surface area (Å²) in [5.74, 6) is 0.921. The predicted molar refractivity (Wildman–Crippen MR) is 285 cm³/mol. The van der Waals surface area contributed by atoms with Crippen LogP contribution in [0.5, 0.6) is 5.75 Å². The molecule has 0 bridgehead atoms. The fraction of sp³-hybridized carbons (Fsp3) is 0.250. The molecule has 7 aromatic carbocycles. The van der Waals surface area contributed by atoms with Crippen molar-refractivity contribution >= 4 is 11.0 Å². The maximum Gasteiger partial charge on any atom is 0.149 e. The van der Waals surface area contributed by atoms with Crippen LogP contribution in [0.3, 0.4) is 0 Å². The lowest BCUT2D eigenvalue weighted by atomic mass is 9.61. The van der Waals surface area contributed by atoms with Gasteiger partial charge in [0.15, 0.2) is 0 Å². The minimum absolute atomic E-state index is 0.0645. The third-order valence-corrected chi connectivity index (χ3v) is 15.0. The van der Waals surface area contributed by atoms with E-state index in [1.807, 2.05) is 24.4 Å². The van der Waals surface area contributed by atoms with Gasteiger partial charge in [-0.05, 0) is 146 Å². The molecule has 4 nitrogen and oxygen atoms in total. The van der Waals surface area contributed by atoms with Crippen LogP contribution in [0.1, 0.15) is 103 Å². The predicted octanol–water partition coefficient (Wildman–Crippen LogP) is 16.8. The number of aromatic hydroxyl groups is 1. The third-order valence-electron chi connectivity index (χ3n) is 15.0. The molecule has 340 valence electrons. The highest BCUT2D eigenvalue weighted by molar-refractivity contribution is 5.97. The molecular weight excluding hydrogens is 827 g/mol. The molecule has 68 heavy (non-hydrogen) atoms. The van der Waals surface area contributed by atoms with Crippen molar-refractivity contribution in [3.05, 3.63) is 204 Å². The quantitative estimate of drug-likeness (QED) is 0.165. The van der Waals surface area contributed by atoms with Gasteiger partial charge >= 0.3 is 0 Å². The summed E-state index contributed by atoms with van der Waals surface area (Å²) in [6.07, 6.45) is 6.46. The van der Waals surface area contributed by atoms with E-state index in [4.69, 9.17) is 9.97 Å². The summed E-state index contributed by atoms with van der Waals surface area (Å²) in [6.45, 7) is 18.4. The Balaban J connectivity index is 1.15. The number of nitrogens with zero attached hydrogens (tertiary/aromatic N) is 3. The average molecular weight is 890 g/mol. The standard InChI is InChI=1S/C64H63N3O/c1-61(2,3)50-38-46(37-47(39-50)56-40-45(31-36-65-56)43-19-12-9-13-20-43)53-25-18-26-57-58(53)66-60(55-42-51(62(4,5)6)41-54(59(55)68)44-21-14-10-15-22-44)67(57)52-29-27-49(28-30-52)64(8)34-32-63(7,33-35-64)48-23-16-11-17-24-48/h9-31,36-42,68H,32-35H2,1-8H3. The second-order valence-corrected chi connectivity index (χ2v) is 21.9. The van der Waals surface area contributed by atoms with Gasteiger partial charge in [-0.25, -0.2) is 4.98 Å². The maximum absolute atomic E-state index is 12.6. The normalized spacial score (nSPS) is 17.6. The number of para-hydroxylation sites is 1. The number of benzene rings is 7. The lowest BCUT2D eigenvalue weighted by Gasteiger charge is -2.44. The molecule has 0 unspecified atom stereocenters. The second-order valence-electron chi connectivity index (χ2n) is 21.9. The molecule has 1 aliphatic carbocycles. The first-order chi connectivity index (χ1) is 32.6. The van der Waals surface area contributed by atoms with Crippen molar-refractivity contribution in [2.45, 2.75) is 103 Å². The van der Waals surface area contributed by atoms with Crippen molar-refractivity contribution in [2.75, 3.05) is 0 Å². The van der Waals surface area contributed by atoms with E-state index in [-0.39, 0.29) is 27.4 Å². The molecule has 0 aliphatic heterocycles. The zero-order valence-corrected chi connectivity index (χ0v) is 40.9. The lowest BCUT2D eigenvalue weighted by Crippen LogP contribution is -2.36. The van der Waals surface area contributed by atoms with Crippen molar-refractivity contribution < 1.29 is 5.11 Å². The summed E-state index contributed by atoms with van der Waals surface area (Å²) < 4.78 is 2.27. The van der Waals surface area contributed by atoms with Gasteiger partial charge in [0, 0.05) is 28.6 Å². The molecule has 1 fully saturated rings. The molecule has 2 aromatic heterocycles. The number of phenols is 1. The Hall–Kier alpha value is -7.04. The topological polar surface area (TPSA) is 50.9 Å². The molecule has 4 heteroatoms. The van der Waals surface area contributed by atoms with Crippen LogP contribution in [0.4, 0.5) is 0 Å². The van der Waals surface area contributed by atoms with Crippen molar-refractivity contribution in [3.8, 4) is 67.5 Å². The minimum atomic E-state index is -0.197. The Bertz CT molecular complexity index is 3250. The Morgan fingerprint density at radius 3 is 1.63 bits per heavy atom. The van der Waals surface area contributed by atoms with Gasteiger partial charge < -0.3 is 5.11 Å². The van der Waals surface area contributed by atoms with Gasteiger partial charge in [-0.3, -0.25) is 9.55 Å². The van der Waals surface area contributed by atoms with Crippen molar-refractivity contribution in [3.63, 3.8) is 0 Å². The number of hydrogen-bond donors (Lipinski definition) is 1. The summed E-state index contributed by atoms with van der Waals surface area (Å²) in [7, 11) is 0. The molecule has 0 spiro atoms. The number of aromatic nitrogens is 3. The van der Waals surface area contributed by atoms with E-state index >= 15 is 0 Å². The second kappa shape index (κ2) is 17.2. The van der Waals surface area contributed by atoms with E-state index in [9.17, 15) is 5.11 Å². The van der Waals surface area contributed by atoms with E-state index in [1.165, 1.54) is 16.7 Å². The molecular formula is C64H63N3O. The van der Waals surface area contributed by atoms with E-state index in [2.05, 4.69) is 218 Å². The SMILES string of the molecule is CC(C)(C)c1cc(-c2cc(-c3ccccc3)ccn2)cc(-c2cccc3c2nc(-c2cc(C(C)(C)C)cc(-c4ccccc4)c2O)n3-c2ccc(C3(C)CCC(C)(c4ccccc4)CC3)cc2)c1. The van der Waals surface area contributed by atoms with Gasteiger partial charge in [0.05, 0.1) is 22.3 Å². The molecule has 0 atom stereocenters. The highest BCUT2D eigenvalue weighted by atomic mass is 16.3. The Labute approximate surface area is 403 Å². The molecule has 1 saturated carbocycles. The van der Waals surface area contributed by atoms with E-state index in [0.29, 0.717) is 11.4 Å². The molecule has 1 N–H and O–H groups in total. The molecule has 0 saturated heterocycles. The molecule has 9 aromatic rings. The fourth-order valence-electron chi connectivity index (χ4n) is 10.4. The summed E-state index contributed by atoms with van der Waals surface area (Å²) in [5.41, 5.74) is 16.7.